The van der Waals surface area contributed by atoms with Crippen LogP contribution in [-0.2, 0) is 21.4 Å². The third-order valence-corrected chi connectivity index (χ3v) is 4.34. The van der Waals surface area contributed by atoms with Gasteiger partial charge in [0.05, 0.1) is 6.54 Å². The van der Waals surface area contributed by atoms with Gasteiger partial charge in [-0.25, -0.2) is 26.7 Å². The van der Waals surface area contributed by atoms with Crippen LogP contribution in [0.3, 0.4) is 0 Å². The van der Waals surface area contributed by atoms with Gasteiger partial charge in [0.25, 0.3) is 0 Å². The molecule has 1 aromatic rings. The van der Waals surface area contributed by atoms with Crippen molar-refractivity contribution >= 4 is 15.9 Å². The van der Waals surface area contributed by atoms with Crippen LogP contribution >= 0.6 is 0 Å². The summed E-state index contributed by atoms with van der Waals surface area (Å²) in [5.74, 6) is -3.91. The highest BCUT2D eigenvalue weighted by Gasteiger charge is 2.37. The smallest absolute Gasteiger partial charge is 0.224 e. The molecule has 9 heteroatoms. The van der Waals surface area contributed by atoms with Crippen molar-refractivity contribution in [1.82, 2.24) is 4.90 Å². The lowest BCUT2D eigenvalue weighted by molar-refractivity contribution is -0.128. The zero-order valence-corrected chi connectivity index (χ0v) is 11.0. The molecule has 1 fully saturated rings. The lowest BCUT2D eigenvalue weighted by Gasteiger charge is -2.17. The fraction of sp³-hybridized carbons (Fsp3) is 0.364. The first kappa shape index (κ1) is 14.8. The highest BCUT2D eigenvalue weighted by Crippen LogP contribution is 2.22. The van der Waals surface area contributed by atoms with Crippen molar-refractivity contribution in [2.45, 2.75) is 18.2 Å². The number of nitrogens with zero attached hydrogens (tertiary/aromatic N) is 1. The Bertz CT molecular complexity index is 640. The van der Waals surface area contributed by atoms with Crippen LogP contribution in [0.25, 0.3) is 0 Å². The Balaban J connectivity index is 2.22. The summed E-state index contributed by atoms with van der Waals surface area (Å²) in [6, 6.07) is 0.992. The molecule has 1 amide bonds. The molecule has 5 nitrogen and oxygen atoms in total. The van der Waals surface area contributed by atoms with E-state index in [4.69, 9.17) is 5.14 Å². The summed E-state index contributed by atoms with van der Waals surface area (Å²) in [5.41, 5.74) is -0.491. The second-order valence-corrected chi connectivity index (χ2v) is 6.38. The fourth-order valence-corrected chi connectivity index (χ4v) is 2.79. The van der Waals surface area contributed by atoms with Crippen LogP contribution in [0.5, 0.6) is 0 Å². The van der Waals surface area contributed by atoms with Gasteiger partial charge >= 0.3 is 0 Å². The topological polar surface area (TPSA) is 80.5 Å². The first-order chi connectivity index (χ1) is 9.18. The minimum absolute atomic E-state index is 0.242. The zero-order valence-electron chi connectivity index (χ0n) is 10.1. The van der Waals surface area contributed by atoms with Gasteiger partial charge in [0.2, 0.25) is 15.9 Å². The molecule has 110 valence electrons. The predicted octanol–water partition coefficient (Wildman–Crippen LogP) is 0.493. The molecule has 1 saturated heterocycles. The predicted molar refractivity (Wildman–Crippen MR) is 63.2 cm³/mol. The van der Waals surface area contributed by atoms with E-state index in [9.17, 15) is 26.4 Å². The molecule has 20 heavy (non-hydrogen) atoms. The van der Waals surface area contributed by atoms with E-state index in [-0.39, 0.29) is 13.0 Å². The van der Waals surface area contributed by atoms with Crippen LogP contribution in [0.4, 0.5) is 13.2 Å². The van der Waals surface area contributed by atoms with E-state index in [1.807, 2.05) is 0 Å². The van der Waals surface area contributed by atoms with E-state index in [1.165, 1.54) is 0 Å². The van der Waals surface area contributed by atoms with E-state index >= 15 is 0 Å². The van der Waals surface area contributed by atoms with Crippen LogP contribution in [0.1, 0.15) is 12.0 Å². The Hall–Kier alpha value is -1.61. The number of sulfonamides is 1. The van der Waals surface area contributed by atoms with Gasteiger partial charge in [-0.2, -0.15) is 0 Å². The molecule has 0 bridgehead atoms. The Morgan fingerprint density at radius 2 is 1.80 bits per heavy atom. The Morgan fingerprint density at radius 3 is 2.25 bits per heavy atom. The molecule has 2 N–H and O–H groups in total. The molecular weight excluding hydrogens is 297 g/mol. The molecule has 0 aliphatic carbocycles. The maximum absolute atomic E-state index is 13.5. The van der Waals surface area contributed by atoms with Gasteiger partial charge in [0.15, 0.2) is 0 Å². The Kier molecular flexibility index (Phi) is 3.74. The van der Waals surface area contributed by atoms with Crippen molar-refractivity contribution < 1.29 is 26.4 Å². The average Bonchev–Trinajstić information content (AvgIpc) is 2.65. The van der Waals surface area contributed by atoms with Crippen LogP contribution in [0, 0.1) is 17.5 Å². The number of halogens is 3. The van der Waals surface area contributed by atoms with Crippen molar-refractivity contribution in [3.05, 3.63) is 35.1 Å². The summed E-state index contributed by atoms with van der Waals surface area (Å²) in [5, 5.41) is 3.84. The van der Waals surface area contributed by atoms with Gasteiger partial charge in [-0.15, -0.1) is 0 Å². The van der Waals surface area contributed by atoms with E-state index in [0.29, 0.717) is 12.1 Å². The lowest BCUT2D eigenvalue weighted by Crippen LogP contribution is -2.32. The lowest BCUT2D eigenvalue weighted by atomic mass is 10.2. The maximum Gasteiger partial charge on any atom is 0.224 e. The van der Waals surface area contributed by atoms with Gasteiger partial charge < -0.3 is 4.90 Å². The van der Waals surface area contributed by atoms with Crippen molar-refractivity contribution in [2.24, 2.45) is 5.14 Å². The van der Waals surface area contributed by atoms with Gasteiger partial charge in [-0.1, -0.05) is 0 Å². The van der Waals surface area contributed by atoms with Crippen molar-refractivity contribution in [3.63, 3.8) is 0 Å². The third-order valence-electron chi connectivity index (χ3n) is 3.10. The molecule has 0 saturated carbocycles. The minimum atomic E-state index is -3.90. The second kappa shape index (κ2) is 5.06. The van der Waals surface area contributed by atoms with Crippen LogP contribution in [0.15, 0.2) is 12.1 Å². The van der Waals surface area contributed by atoms with Crippen LogP contribution in [0.2, 0.25) is 0 Å². The molecule has 1 atom stereocenters. The molecule has 1 aromatic carbocycles. The summed E-state index contributed by atoms with van der Waals surface area (Å²) in [6.45, 7) is -0.712. The number of likely N-dealkylation sites (tertiary alicyclic amines) is 1. The second-order valence-electron chi connectivity index (χ2n) is 4.54. The maximum atomic E-state index is 13.5. The number of nitrogens with two attached hydrogens (primary N) is 1. The average molecular weight is 308 g/mol. The molecule has 1 heterocycles. The summed E-state index contributed by atoms with van der Waals surface area (Å²) in [7, 11) is -3.90. The fourth-order valence-electron chi connectivity index (χ4n) is 2.02. The zero-order chi connectivity index (χ0) is 15.1. The quantitative estimate of drug-likeness (QED) is 0.882. The summed E-state index contributed by atoms with van der Waals surface area (Å²) < 4.78 is 62.0. The molecule has 1 aliphatic rings. The number of hydrogen-bond donors (Lipinski definition) is 1. The monoisotopic (exact) mass is 308 g/mol. The van der Waals surface area contributed by atoms with E-state index < -0.39 is 50.7 Å². The number of hydrogen-bond acceptors (Lipinski definition) is 3. The minimum Gasteiger partial charge on any atom is -0.337 e. The summed E-state index contributed by atoms with van der Waals surface area (Å²) >= 11 is 0. The number of primary sulfonamides is 1. The molecule has 0 spiro atoms. The van der Waals surface area contributed by atoms with Crippen molar-refractivity contribution in [2.75, 3.05) is 6.54 Å². The largest absolute Gasteiger partial charge is 0.337 e. The van der Waals surface area contributed by atoms with Gasteiger partial charge in [0.1, 0.15) is 22.7 Å². The molecule has 2 rings (SSSR count). The Morgan fingerprint density at radius 1 is 1.25 bits per heavy atom. The van der Waals surface area contributed by atoms with Crippen LogP contribution in [-0.4, -0.2) is 31.0 Å². The van der Waals surface area contributed by atoms with Gasteiger partial charge in [-0.05, 0) is 0 Å². The Labute approximate surface area is 113 Å². The third kappa shape index (κ3) is 2.93. The molecule has 1 unspecified atom stereocenters. The number of carbonyl (C=O) groups is 1. The van der Waals surface area contributed by atoms with E-state index in [0.717, 1.165) is 4.90 Å². The molecular formula is C11H11F3N2O3S. The highest BCUT2D eigenvalue weighted by atomic mass is 32.2. The van der Waals surface area contributed by atoms with Crippen LogP contribution < -0.4 is 5.14 Å². The highest BCUT2D eigenvalue weighted by molar-refractivity contribution is 7.89. The number of carbonyl (C=O) groups excluding carboxylic acids is 1. The number of amides is 1. The van der Waals surface area contributed by atoms with Gasteiger partial charge in [-0.3, -0.25) is 4.79 Å². The van der Waals surface area contributed by atoms with Gasteiger partial charge in [0, 0.05) is 30.7 Å². The standard InChI is InChI=1S/C11H11F3N2O3S/c12-6-1-9(13)8(10(14)2-6)5-16-4-7(3-11(16)17)20(15,18)19/h1-2,7H,3-5H2,(H2,15,18,19). The van der Waals surface area contributed by atoms with Crippen molar-refractivity contribution in [1.29, 1.82) is 0 Å². The van der Waals surface area contributed by atoms with E-state index in [2.05, 4.69) is 0 Å². The first-order valence-corrected chi connectivity index (χ1v) is 7.22. The summed E-state index contributed by atoms with van der Waals surface area (Å²) in [6.07, 6.45) is -0.330. The molecule has 1 aliphatic heterocycles. The van der Waals surface area contributed by atoms with E-state index in [1.54, 1.807) is 0 Å². The number of benzene rings is 1. The number of rotatable bonds is 3. The molecule has 0 aromatic heterocycles. The SMILES string of the molecule is NS(=O)(=O)C1CC(=O)N(Cc2c(F)cc(F)cc2F)C1. The first-order valence-electron chi connectivity index (χ1n) is 5.61. The summed E-state index contributed by atoms with van der Waals surface area (Å²) in [4.78, 5) is 12.6. The normalized spacial score (nSPS) is 19.7. The van der Waals surface area contributed by atoms with Crippen molar-refractivity contribution in [3.8, 4) is 0 Å². The molecule has 0 radical (unpaired) electrons.